The summed E-state index contributed by atoms with van der Waals surface area (Å²) in [7, 11) is 1.51. The molecular weight excluding hydrogens is 428 g/mol. The van der Waals surface area contributed by atoms with E-state index in [2.05, 4.69) is 26.1 Å². The van der Waals surface area contributed by atoms with Crippen LogP contribution in [0.15, 0.2) is 60.7 Å². The van der Waals surface area contributed by atoms with E-state index in [1.54, 1.807) is 12.1 Å². The van der Waals surface area contributed by atoms with Crippen molar-refractivity contribution in [2.45, 2.75) is 6.92 Å². The van der Waals surface area contributed by atoms with Gasteiger partial charge in [-0.1, -0.05) is 21.1 Å². The molecule has 0 bridgehead atoms. The SMILES string of the molecule is CCOc1ccc(-c2noc(-c3cc4cc(Br)cc(OC)c4oc3=O)n2)cc1. The monoisotopic (exact) mass is 442 g/mol. The first kappa shape index (κ1) is 18.2. The van der Waals surface area contributed by atoms with Crippen LogP contribution >= 0.6 is 15.9 Å². The lowest BCUT2D eigenvalue weighted by molar-refractivity contribution is 0.340. The number of rotatable bonds is 5. The number of methoxy groups -OCH3 is 1. The van der Waals surface area contributed by atoms with Crippen molar-refractivity contribution >= 4 is 26.9 Å². The van der Waals surface area contributed by atoms with Crippen LogP contribution in [0.4, 0.5) is 0 Å². The second-order valence-electron chi connectivity index (χ2n) is 5.85. The minimum atomic E-state index is -0.588. The van der Waals surface area contributed by atoms with Crippen molar-refractivity contribution in [2.75, 3.05) is 13.7 Å². The predicted octanol–water partition coefficient (Wildman–Crippen LogP) is 4.68. The lowest BCUT2D eigenvalue weighted by atomic mass is 10.1. The Kier molecular flexibility index (Phi) is 4.87. The summed E-state index contributed by atoms with van der Waals surface area (Å²) in [5.74, 6) is 1.65. The number of fused-ring (bicyclic) bond motifs is 1. The summed E-state index contributed by atoms with van der Waals surface area (Å²) in [5.41, 5.74) is 0.686. The minimum Gasteiger partial charge on any atom is -0.494 e. The van der Waals surface area contributed by atoms with Gasteiger partial charge in [0.1, 0.15) is 11.3 Å². The molecule has 0 unspecified atom stereocenters. The van der Waals surface area contributed by atoms with Crippen LogP contribution in [-0.2, 0) is 0 Å². The number of ether oxygens (including phenoxy) is 2. The summed E-state index contributed by atoms with van der Waals surface area (Å²) in [6.45, 7) is 2.51. The zero-order valence-corrected chi connectivity index (χ0v) is 16.6. The molecule has 0 aliphatic rings. The van der Waals surface area contributed by atoms with Crippen LogP contribution in [0.5, 0.6) is 11.5 Å². The van der Waals surface area contributed by atoms with Crippen LogP contribution in [0.25, 0.3) is 33.8 Å². The summed E-state index contributed by atoms with van der Waals surface area (Å²) < 4.78 is 22.2. The molecule has 2 aromatic carbocycles. The van der Waals surface area contributed by atoms with Gasteiger partial charge in [-0.15, -0.1) is 0 Å². The van der Waals surface area contributed by atoms with Crippen molar-refractivity contribution in [3.05, 3.63) is 57.4 Å². The summed E-state index contributed by atoms with van der Waals surface area (Å²) in [5, 5.41) is 4.64. The van der Waals surface area contributed by atoms with Gasteiger partial charge in [0.2, 0.25) is 5.82 Å². The fourth-order valence-corrected chi connectivity index (χ4v) is 3.24. The van der Waals surface area contributed by atoms with Crippen molar-refractivity contribution in [1.82, 2.24) is 10.1 Å². The van der Waals surface area contributed by atoms with Crippen LogP contribution in [0.3, 0.4) is 0 Å². The molecular formula is C20H15BrN2O5. The van der Waals surface area contributed by atoms with Gasteiger partial charge in [-0.25, -0.2) is 4.79 Å². The highest BCUT2D eigenvalue weighted by Gasteiger charge is 2.18. The Morgan fingerprint density at radius 2 is 1.93 bits per heavy atom. The lowest BCUT2D eigenvalue weighted by Gasteiger charge is -2.05. The van der Waals surface area contributed by atoms with Crippen LogP contribution in [0.2, 0.25) is 0 Å². The number of nitrogens with zero attached hydrogens (tertiary/aromatic N) is 2. The maximum atomic E-state index is 12.5. The fourth-order valence-electron chi connectivity index (χ4n) is 2.79. The Hall–Kier alpha value is -3.13. The molecule has 0 saturated heterocycles. The van der Waals surface area contributed by atoms with Gasteiger partial charge >= 0.3 is 5.63 Å². The topological polar surface area (TPSA) is 87.6 Å². The molecule has 0 fully saturated rings. The second kappa shape index (κ2) is 7.47. The maximum Gasteiger partial charge on any atom is 0.349 e. The van der Waals surface area contributed by atoms with Gasteiger partial charge in [0, 0.05) is 15.4 Å². The quantitative estimate of drug-likeness (QED) is 0.414. The van der Waals surface area contributed by atoms with Gasteiger partial charge in [0.25, 0.3) is 5.89 Å². The first-order chi connectivity index (χ1) is 13.6. The van der Waals surface area contributed by atoms with Gasteiger partial charge in [-0.2, -0.15) is 4.98 Å². The van der Waals surface area contributed by atoms with E-state index in [0.29, 0.717) is 29.2 Å². The zero-order chi connectivity index (χ0) is 19.7. The largest absolute Gasteiger partial charge is 0.494 e. The van der Waals surface area contributed by atoms with Crippen molar-refractivity contribution in [3.63, 3.8) is 0 Å². The van der Waals surface area contributed by atoms with Crippen molar-refractivity contribution in [2.24, 2.45) is 0 Å². The minimum absolute atomic E-state index is 0.0819. The van der Waals surface area contributed by atoms with E-state index in [0.717, 1.165) is 15.8 Å². The molecule has 0 atom stereocenters. The van der Waals surface area contributed by atoms with Crippen molar-refractivity contribution < 1.29 is 18.4 Å². The molecule has 0 amide bonds. The summed E-state index contributed by atoms with van der Waals surface area (Å²) in [6.07, 6.45) is 0. The van der Waals surface area contributed by atoms with Crippen LogP contribution in [0.1, 0.15) is 6.92 Å². The van der Waals surface area contributed by atoms with E-state index >= 15 is 0 Å². The Balaban J connectivity index is 1.75. The van der Waals surface area contributed by atoms with Gasteiger partial charge < -0.3 is 18.4 Å². The predicted molar refractivity (Wildman–Crippen MR) is 107 cm³/mol. The molecule has 0 radical (unpaired) electrons. The third-order valence-corrected chi connectivity index (χ3v) is 4.52. The van der Waals surface area contributed by atoms with E-state index in [9.17, 15) is 4.79 Å². The summed E-state index contributed by atoms with van der Waals surface area (Å²) >= 11 is 3.41. The molecule has 28 heavy (non-hydrogen) atoms. The first-order valence-corrected chi connectivity index (χ1v) is 9.27. The molecule has 8 heteroatoms. The van der Waals surface area contributed by atoms with E-state index in [-0.39, 0.29) is 11.5 Å². The molecule has 0 aliphatic heterocycles. The smallest absolute Gasteiger partial charge is 0.349 e. The normalized spacial score (nSPS) is 11.0. The van der Waals surface area contributed by atoms with Gasteiger partial charge in [-0.05, 0) is 49.4 Å². The molecule has 142 valence electrons. The highest BCUT2D eigenvalue weighted by atomic mass is 79.9. The number of halogens is 1. The van der Waals surface area contributed by atoms with E-state index in [1.165, 1.54) is 7.11 Å². The molecule has 4 rings (SSSR count). The van der Waals surface area contributed by atoms with Crippen LogP contribution in [0, 0.1) is 0 Å². The lowest BCUT2D eigenvalue weighted by Crippen LogP contribution is -2.03. The maximum absolute atomic E-state index is 12.5. The third-order valence-electron chi connectivity index (χ3n) is 4.06. The van der Waals surface area contributed by atoms with E-state index < -0.39 is 5.63 Å². The Labute approximate surface area is 168 Å². The highest BCUT2D eigenvalue weighted by molar-refractivity contribution is 9.10. The summed E-state index contributed by atoms with van der Waals surface area (Å²) in [4.78, 5) is 16.8. The average molecular weight is 443 g/mol. The molecule has 0 aliphatic carbocycles. The third kappa shape index (κ3) is 3.38. The first-order valence-electron chi connectivity index (χ1n) is 8.47. The van der Waals surface area contributed by atoms with Crippen molar-refractivity contribution in [1.29, 1.82) is 0 Å². The molecule has 0 saturated carbocycles. The molecule has 7 nitrogen and oxygen atoms in total. The van der Waals surface area contributed by atoms with Crippen LogP contribution < -0.4 is 15.1 Å². The van der Waals surface area contributed by atoms with E-state index in [4.69, 9.17) is 18.4 Å². The molecule has 2 heterocycles. The summed E-state index contributed by atoms with van der Waals surface area (Å²) in [6, 6.07) is 12.5. The van der Waals surface area contributed by atoms with Gasteiger partial charge in [0.05, 0.1) is 13.7 Å². The van der Waals surface area contributed by atoms with Crippen molar-refractivity contribution in [3.8, 4) is 34.3 Å². The van der Waals surface area contributed by atoms with E-state index in [1.807, 2.05) is 37.3 Å². The van der Waals surface area contributed by atoms with Crippen LogP contribution in [-0.4, -0.2) is 23.9 Å². The van der Waals surface area contributed by atoms with Gasteiger partial charge in [-0.3, -0.25) is 0 Å². The second-order valence-corrected chi connectivity index (χ2v) is 6.77. The molecule has 4 aromatic rings. The number of benzene rings is 2. The Morgan fingerprint density at radius 1 is 1.14 bits per heavy atom. The van der Waals surface area contributed by atoms with Gasteiger partial charge in [0.15, 0.2) is 11.3 Å². The Bertz CT molecular complexity index is 1200. The standard InChI is InChI=1S/C20H15BrN2O5/c1-3-26-14-6-4-11(5-7-14)18-22-19(28-23-18)15-9-12-8-13(21)10-16(25-2)17(12)27-20(15)24/h4-10H,3H2,1-2H3. The fraction of sp³-hybridized carbons (Fsp3) is 0.150. The highest BCUT2D eigenvalue weighted by Crippen LogP contribution is 2.31. The number of hydrogen-bond acceptors (Lipinski definition) is 7. The molecule has 2 aromatic heterocycles. The number of aromatic nitrogens is 2. The molecule has 0 N–H and O–H groups in total. The average Bonchev–Trinajstić information content (AvgIpc) is 3.18. The Morgan fingerprint density at radius 3 is 2.64 bits per heavy atom. The number of hydrogen-bond donors (Lipinski definition) is 0. The molecule has 0 spiro atoms. The zero-order valence-electron chi connectivity index (χ0n) is 15.1.